The summed E-state index contributed by atoms with van der Waals surface area (Å²) in [7, 11) is 0. The van der Waals surface area contributed by atoms with Crippen molar-refractivity contribution < 1.29 is 0 Å². The number of pyridine rings is 1. The van der Waals surface area contributed by atoms with Crippen LogP contribution in [0.4, 0.5) is 5.69 Å². The first-order chi connectivity index (χ1) is 20.0. The van der Waals surface area contributed by atoms with Crippen molar-refractivity contribution in [2.45, 2.75) is 26.2 Å². The van der Waals surface area contributed by atoms with Crippen LogP contribution < -0.4 is 0 Å². The van der Waals surface area contributed by atoms with E-state index in [0.29, 0.717) is 0 Å². The van der Waals surface area contributed by atoms with Crippen LogP contribution in [0.5, 0.6) is 0 Å². The van der Waals surface area contributed by atoms with Gasteiger partial charge in [-0.25, -0.2) is 4.98 Å². The molecule has 41 heavy (non-hydrogen) atoms. The van der Waals surface area contributed by atoms with Crippen LogP contribution in [-0.2, 0) is 5.41 Å². The first-order valence-electron chi connectivity index (χ1n) is 13.9. The third-order valence-electron chi connectivity index (χ3n) is 7.60. The molecule has 0 atom stereocenters. The second kappa shape index (κ2) is 10.1. The summed E-state index contributed by atoms with van der Waals surface area (Å²) in [5, 5.41) is 4.51. The summed E-state index contributed by atoms with van der Waals surface area (Å²) >= 11 is 1.73. The molecule has 0 radical (unpaired) electrons. The fraction of sp³-hybridized carbons (Fsp3) is 0.108. The smallest absolute Gasteiger partial charge is 0.126 e. The number of nitrogens with zero attached hydrogens (tertiary/aromatic N) is 3. The Labute approximate surface area is 243 Å². The maximum atomic E-state index is 5.28. The third-order valence-corrected chi connectivity index (χ3v) is 8.63. The van der Waals surface area contributed by atoms with Gasteiger partial charge in [-0.1, -0.05) is 93.6 Å². The lowest BCUT2D eigenvalue weighted by Gasteiger charge is -2.20. The molecular weight excluding hydrogens is 518 g/mol. The zero-order chi connectivity index (χ0) is 28.0. The van der Waals surface area contributed by atoms with E-state index in [0.717, 1.165) is 49.4 Å². The predicted octanol–water partition coefficient (Wildman–Crippen LogP) is 10.4. The maximum absolute atomic E-state index is 5.28. The van der Waals surface area contributed by atoms with Crippen molar-refractivity contribution in [3.63, 3.8) is 0 Å². The number of benzene rings is 5. The van der Waals surface area contributed by atoms with Crippen LogP contribution in [0.1, 0.15) is 31.9 Å². The van der Waals surface area contributed by atoms with Gasteiger partial charge in [-0.05, 0) is 63.7 Å². The van der Waals surface area contributed by atoms with Crippen LogP contribution in [-0.4, -0.2) is 16.2 Å². The number of thiazole rings is 1. The maximum Gasteiger partial charge on any atom is 0.126 e. The van der Waals surface area contributed by atoms with Crippen molar-refractivity contribution >= 4 is 55.1 Å². The minimum absolute atomic E-state index is 0.00339. The number of para-hydroxylation sites is 1. The van der Waals surface area contributed by atoms with Gasteiger partial charge >= 0.3 is 0 Å². The molecule has 0 aliphatic heterocycles. The molecule has 2 heterocycles. The van der Waals surface area contributed by atoms with Gasteiger partial charge < -0.3 is 0 Å². The normalized spacial score (nSPS) is 12.2. The molecule has 0 amide bonds. The topological polar surface area (TPSA) is 38.1 Å². The van der Waals surface area contributed by atoms with E-state index in [1.165, 1.54) is 21.0 Å². The number of hydrogen-bond acceptors (Lipinski definition) is 4. The van der Waals surface area contributed by atoms with Gasteiger partial charge in [-0.3, -0.25) is 9.98 Å². The van der Waals surface area contributed by atoms with E-state index in [1.54, 1.807) is 11.3 Å². The first-order valence-corrected chi connectivity index (χ1v) is 14.7. The van der Waals surface area contributed by atoms with E-state index >= 15 is 0 Å². The van der Waals surface area contributed by atoms with Gasteiger partial charge in [-0.15, -0.1) is 11.3 Å². The highest BCUT2D eigenvalue weighted by Gasteiger charge is 2.21. The minimum atomic E-state index is -0.00339. The molecule has 7 aromatic rings. The Hall–Kier alpha value is -4.67. The van der Waals surface area contributed by atoms with Crippen LogP contribution in [0.15, 0.2) is 120 Å². The highest BCUT2D eigenvalue weighted by atomic mass is 32.1. The summed E-state index contributed by atoms with van der Waals surface area (Å²) in [6.07, 6.45) is 3.82. The van der Waals surface area contributed by atoms with Gasteiger partial charge in [0, 0.05) is 34.5 Å². The molecular formula is C37H29N3S. The number of rotatable bonds is 4. The van der Waals surface area contributed by atoms with E-state index in [4.69, 9.17) is 9.98 Å². The average molecular weight is 548 g/mol. The summed E-state index contributed by atoms with van der Waals surface area (Å²) in [5.41, 5.74) is 8.64. The van der Waals surface area contributed by atoms with E-state index in [9.17, 15) is 0 Å². The molecule has 7 rings (SSSR count). The fourth-order valence-corrected chi connectivity index (χ4v) is 6.46. The molecule has 5 aromatic carbocycles. The van der Waals surface area contributed by atoms with E-state index in [2.05, 4.69) is 123 Å². The average Bonchev–Trinajstić information content (AvgIpc) is 3.43. The number of aliphatic imine (C=N–C) groups is 1. The zero-order valence-electron chi connectivity index (χ0n) is 23.3. The lowest BCUT2D eigenvalue weighted by Crippen LogP contribution is -2.11. The van der Waals surface area contributed by atoms with Crippen molar-refractivity contribution in [2.75, 3.05) is 0 Å². The molecule has 0 bridgehead atoms. The monoisotopic (exact) mass is 547 g/mol. The highest BCUT2D eigenvalue weighted by molar-refractivity contribution is 7.21. The van der Waals surface area contributed by atoms with Gasteiger partial charge in [0.05, 0.1) is 21.4 Å². The molecule has 0 saturated heterocycles. The van der Waals surface area contributed by atoms with Crippen molar-refractivity contribution in [3.05, 3.63) is 127 Å². The molecule has 0 aliphatic rings. The summed E-state index contributed by atoms with van der Waals surface area (Å²) in [6, 6.07) is 38.2. The molecule has 2 aromatic heterocycles. The molecule has 4 heteroatoms. The lowest BCUT2D eigenvalue weighted by molar-refractivity contribution is 0.591. The fourth-order valence-electron chi connectivity index (χ4n) is 5.39. The van der Waals surface area contributed by atoms with E-state index < -0.39 is 0 Å². The van der Waals surface area contributed by atoms with Gasteiger partial charge in [-0.2, -0.15) is 0 Å². The van der Waals surface area contributed by atoms with Crippen molar-refractivity contribution in [2.24, 2.45) is 4.99 Å². The summed E-state index contributed by atoms with van der Waals surface area (Å²) in [5.74, 6) is 0. The largest absolute Gasteiger partial charge is 0.256 e. The summed E-state index contributed by atoms with van der Waals surface area (Å²) < 4.78 is 1.18. The van der Waals surface area contributed by atoms with Crippen molar-refractivity contribution in [1.29, 1.82) is 0 Å². The predicted molar refractivity (Wildman–Crippen MR) is 176 cm³/mol. The van der Waals surface area contributed by atoms with Crippen molar-refractivity contribution in [1.82, 2.24) is 9.97 Å². The standard InChI is InChI=1S/C37H29N3S/c1-37(2,3)26-21-31(28-16-9-19-32-29(28)17-10-20-38-32)35-34(22-26)41-36(40-35)30-15-6-7-18-33(30)39-23-25-13-8-12-24-11-4-5-14-27(24)25/h4-23H,1-3H3. The van der Waals surface area contributed by atoms with Crippen LogP contribution >= 0.6 is 11.3 Å². The Morgan fingerprint density at radius 3 is 2.37 bits per heavy atom. The molecule has 3 nitrogen and oxygen atoms in total. The van der Waals surface area contributed by atoms with Crippen LogP contribution in [0.3, 0.4) is 0 Å². The van der Waals surface area contributed by atoms with E-state index in [1.807, 2.05) is 24.5 Å². The Balaban J connectivity index is 1.40. The zero-order valence-corrected chi connectivity index (χ0v) is 24.1. The quantitative estimate of drug-likeness (QED) is 0.206. The number of hydrogen-bond donors (Lipinski definition) is 0. The summed E-state index contributed by atoms with van der Waals surface area (Å²) in [6.45, 7) is 6.80. The van der Waals surface area contributed by atoms with Crippen LogP contribution in [0.2, 0.25) is 0 Å². The highest BCUT2D eigenvalue weighted by Crippen LogP contribution is 2.42. The van der Waals surface area contributed by atoms with E-state index in [-0.39, 0.29) is 5.41 Å². The Kier molecular flexibility index (Phi) is 6.21. The second-order valence-electron chi connectivity index (χ2n) is 11.4. The second-order valence-corrected chi connectivity index (χ2v) is 12.4. The van der Waals surface area contributed by atoms with Gasteiger partial charge in [0.2, 0.25) is 0 Å². The molecule has 0 spiro atoms. The molecule has 198 valence electrons. The lowest BCUT2D eigenvalue weighted by atomic mass is 9.84. The first kappa shape index (κ1) is 25.3. The minimum Gasteiger partial charge on any atom is -0.256 e. The van der Waals surface area contributed by atoms with Gasteiger partial charge in [0.15, 0.2) is 0 Å². The van der Waals surface area contributed by atoms with Gasteiger partial charge in [0.25, 0.3) is 0 Å². The molecule has 0 unspecified atom stereocenters. The van der Waals surface area contributed by atoms with Crippen molar-refractivity contribution in [3.8, 4) is 21.7 Å². The Bertz CT molecular complexity index is 2090. The van der Waals surface area contributed by atoms with Gasteiger partial charge in [0.1, 0.15) is 5.01 Å². The third kappa shape index (κ3) is 4.71. The summed E-state index contributed by atoms with van der Waals surface area (Å²) in [4.78, 5) is 14.9. The molecule has 0 aliphatic carbocycles. The van der Waals surface area contributed by atoms with Crippen LogP contribution in [0.25, 0.3) is 53.6 Å². The Morgan fingerprint density at radius 1 is 0.707 bits per heavy atom. The molecule has 0 fully saturated rings. The number of fused-ring (bicyclic) bond motifs is 3. The molecule has 0 saturated carbocycles. The molecule has 0 N–H and O–H groups in total. The van der Waals surface area contributed by atoms with Crippen LogP contribution in [0, 0.1) is 0 Å². The number of aromatic nitrogens is 2. The Morgan fingerprint density at radius 2 is 1.46 bits per heavy atom. The SMILES string of the molecule is CC(C)(C)c1cc(-c2cccc3ncccc23)c2nc(-c3ccccc3N=Cc3cccc4ccccc34)sc2c1.